The molecule has 2 N–H and O–H groups in total. The SMILES string of the molecule is O=C(NCc1cccnc1)[C@H](Cc1ccccc1)N(Cc1ccc(Cl)cc1)C(=O)CCc1ccc(S(=O)(=O)NC2CC2)cc1. The molecule has 1 aliphatic rings. The molecule has 44 heavy (non-hydrogen) atoms. The molecule has 0 unspecified atom stereocenters. The van der Waals surface area contributed by atoms with Gasteiger partial charge in [-0.25, -0.2) is 13.1 Å². The van der Waals surface area contributed by atoms with Crippen LogP contribution in [0.1, 0.15) is 41.5 Å². The molecule has 10 heteroatoms. The number of rotatable bonds is 14. The van der Waals surface area contributed by atoms with Crippen molar-refractivity contribution in [2.45, 2.75) is 62.2 Å². The van der Waals surface area contributed by atoms with E-state index >= 15 is 0 Å². The lowest BCUT2D eigenvalue weighted by atomic mass is 10.0. The number of sulfonamides is 1. The van der Waals surface area contributed by atoms with Crippen molar-refractivity contribution >= 4 is 33.4 Å². The second-order valence-electron chi connectivity index (χ2n) is 11.0. The first-order valence-electron chi connectivity index (χ1n) is 14.6. The van der Waals surface area contributed by atoms with Crippen LogP contribution in [-0.2, 0) is 45.5 Å². The third-order valence-corrected chi connectivity index (χ3v) is 9.28. The summed E-state index contributed by atoms with van der Waals surface area (Å²) >= 11 is 6.12. The molecule has 1 fully saturated rings. The number of hydrogen-bond acceptors (Lipinski definition) is 5. The fourth-order valence-electron chi connectivity index (χ4n) is 4.87. The minimum atomic E-state index is -3.56. The first kappa shape index (κ1) is 31.4. The van der Waals surface area contributed by atoms with Crippen LogP contribution in [0.15, 0.2) is 108 Å². The van der Waals surface area contributed by atoms with Crippen molar-refractivity contribution in [2.75, 3.05) is 0 Å². The number of carbonyl (C=O) groups excluding carboxylic acids is 2. The topological polar surface area (TPSA) is 108 Å². The molecular formula is C34H35ClN4O4S. The molecule has 2 amide bonds. The van der Waals surface area contributed by atoms with Crippen LogP contribution >= 0.6 is 11.6 Å². The minimum Gasteiger partial charge on any atom is -0.350 e. The Balaban J connectivity index is 1.36. The number of hydrogen-bond donors (Lipinski definition) is 2. The standard InChI is InChI=1S/C34H35ClN4O4S/c35-29-13-8-27(9-14-29)24-39(33(40)19-12-25-10-17-31(18-11-25)44(42,43)38-30-15-16-30)32(21-26-5-2-1-3-6-26)34(41)37-23-28-7-4-20-36-22-28/h1-11,13-14,17-18,20,22,30,32,38H,12,15-16,19,21,23-24H2,(H,37,41)/t32-/m0/s1. The summed E-state index contributed by atoms with van der Waals surface area (Å²) in [4.78, 5) is 33.7. The molecule has 1 aromatic heterocycles. The Morgan fingerprint density at radius 3 is 2.20 bits per heavy atom. The number of amides is 2. The molecular weight excluding hydrogens is 596 g/mol. The van der Waals surface area contributed by atoms with E-state index in [0.717, 1.165) is 35.1 Å². The van der Waals surface area contributed by atoms with Gasteiger partial charge in [0.05, 0.1) is 4.90 Å². The van der Waals surface area contributed by atoms with E-state index in [9.17, 15) is 18.0 Å². The summed E-state index contributed by atoms with van der Waals surface area (Å²) in [6.07, 6.45) is 5.95. The van der Waals surface area contributed by atoms with E-state index in [1.54, 1.807) is 53.7 Å². The highest BCUT2D eigenvalue weighted by atomic mass is 35.5. The van der Waals surface area contributed by atoms with E-state index < -0.39 is 16.1 Å². The summed E-state index contributed by atoms with van der Waals surface area (Å²) in [5.74, 6) is -0.456. The second kappa shape index (κ2) is 14.6. The van der Waals surface area contributed by atoms with Crippen LogP contribution in [0.3, 0.4) is 0 Å². The summed E-state index contributed by atoms with van der Waals surface area (Å²) in [5, 5.41) is 3.59. The van der Waals surface area contributed by atoms with E-state index in [1.165, 1.54) is 0 Å². The van der Waals surface area contributed by atoms with E-state index in [0.29, 0.717) is 17.9 Å². The number of halogens is 1. The van der Waals surface area contributed by atoms with Crippen molar-refractivity contribution in [3.63, 3.8) is 0 Å². The number of pyridine rings is 1. The molecule has 8 nitrogen and oxygen atoms in total. The maximum Gasteiger partial charge on any atom is 0.243 e. The van der Waals surface area contributed by atoms with E-state index in [2.05, 4.69) is 15.0 Å². The van der Waals surface area contributed by atoms with Crippen LogP contribution in [0.5, 0.6) is 0 Å². The number of carbonyl (C=O) groups is 2. The lowest BCUT2D eigenvalue weighted by Crippen LogP contribution is -2.50. The van der Waals surface area contributed by atoms with Crippen molar-refractivity contribution in [1.29, 1.82) is 0 Å². The van der Waals surface area contributed by atoms with Crippen molar-refractivity contribution in [1.82, 2.24) is 19.9 Å². The van der Waals surface area contributed by atoms with E-state index in [4.69, 9.17) is 11.6 Å². The van der Waals surface area contributed by atoms with Gasteiger partial charge in [0.15, 0.2) is 0 Å². The average Bonchev–Trinajstić information content (AvgIpc) is 3.86. The van der Waals surface area contributed by atoms with Gasteiger partial charge in [0, 0.05) is 49.4 Å². The Morgan fingerprint density at radius 1 is 0.864 bits per heavy atom. The van der Waals surface area contributed by atoms with Crippen LogP contribution in [0.25, 0.3) is 0 Å². The Labute approximate surface area is 263 Å². The van der Waals surface area contributed by atoms with Gasteiger partial charge >= 0.3 is 0 Å². The molecule has 3 aromatic carbocycles. The lowest BCUT2D eigenvalue weighted by molar-refractivity contribution is -0.141. The van der Waals surface area contributed by atoms with Crippen molar-refractivity contribution in [2.24, 2.45) is 0 Å². The zero-order chi connectivity index (χ0) is 30.9. The Bertz CT molecular complexity index is 1650. The Morgan fingerprint density at radius 2 is 1.55 bits per heavy atom. The van der Waals surface area contributed by atoms with Crippen molar-refractivity contribution < 1.29 is 18.0 Å². The van der Waals surface area contributed by atoms with Gasteiger partial charge in [0.2, 0.25) is 21.8 Å². The van der Waals surface area contributed by atoms with Gasteiger partial charge in [0.1, 0.15) is 6.04 Å². The molecule has 1 saturated carbocycles. The predicted octanol–water partition coefficient (Wildman–Crippen LogP) is 5.06. The van der Waals surface area contributed by atoms with Crippen LogP contribution < -0.4 is 10.0 Å². The molecule has 0 saturated heterocycles. The molecule has 0 spiro atoms. The molecule has 0 aliphatic heterocycles. The predicted molar refractivity (Wildman–Crippen MR) is 170 cm³/mol. The minimum absolute atomic E-state index is 0.0225. The van der Waals surface area contributed by atoms with Gasteiger partial charge < -0.3 is 10.2 Å². The van der Waals surface area contributed by atoms with E-state index in [1.807, 2.05) is 54.6 Å². The summed E-state index contributed by atoms with van der Waals surface area (Å²) < 4.78 is 27.8. The third-order valence-electron chi connectivity index (χ3n) is 7.49. The molecule has 1 heterocycles. The highest BCUT2D eigenvalue weighted by Gasteiger charge is 2.31. The van der Waals surface area contributed by atoms with Gasteiger partial charge in [-0.15, -0.1) is 0 Å². The highest BCUT2D eigenvalue weighted by molar-refractivity contribution is 7.89. The number of benzene rings is 3. The molecule has 4 aromatic rings. The number of aromatic nitrogens is 1. The third kappa shape index (κ3) is 8.98. The van der Waals surface area contributed by atoms with Gasteiger partial charge in [-0.05, 0) is 71.8 Å². The van der Waals surface area contributed by atoms with Gasteiger partial charge in [-0.2, -0.15) is 0 Å². The van der Waals surface area contributed by atoms with Crippen LogP contribution in [0.2, 0.25) is 5.02 Å². The fourth-order valence-corrected chi connectivity index (χ4v) is 6.30. The Hall–Kier alpha value is -4.05. The fraction of sp³-hybridized carbons (Fsp3) is 0.265. The van der Waals surface area contributed by atoms with Gasteiger partial charge in [-0.3, -0.25) is 14.6 Å². The molecule has 1 atom stereocenters. The van der Waals surface area contributed by atoms with Gasteiger partial charge in [0.25, 0.3) is 0 Å². The zero-order valence-electron chi connectivity index (χ0n) is 24.2. The maximum absolute atomic E-state index is 14.0. The highest BCUT2D eigenvalue weighted by Crippen LogP contribution is 2.23. The van der Waals surface area contributed by atoms with Gasteiger partial charge in [-0.1, -0.05) is 72.3 Å². The molecule has 0 radical (unpaired) electrons. The smallest absolute Gasteiger partial charge is 0.243 e. The summed E-state index contributed by atoms with van der Waals surface area (Å²) in [5.41, 5.74) is 3.46. The van der Waals surface area contributed by atoms with Crippen molar-refractivity contribution in [3.8, 4) is 0 Å². The lowest BCUT2D eigenvalue weighted by Gasteiger charge is -2.32. The van der Waals surface area contributed by atoms with Crippen molar-refractivity contribution in [3.05, 3.63) is 131 Å². The van der Waals surface area contributed by atoms with Crippen LogP contribution in [-0.4, -0.2) is 42.2 Å². The first-order chi connectivity index (χ1) is 21.3. The maximum atomic E-state index is 14.0. The molecule has 5 rings (SSSR count). The Kier molecular flexibility index (Phi) is 10.4. The molecule has 1 aliphatic carbocycles. The monoisotopic (exact) mass is 630 g/mol. The van der Waals surface area contributed by atoms with Crippen LogP contribution in [0, 0.1) is 0 Å². The average molecular weight is 631 g/mol. The summed E-state index contributed by atoms with van der Waals surface area (Å²) in [6.45, 7) is 0.504. The molecule has 228 valence electrons. The normalized spacial score (nSPS) is 13.7. The molecule has 0 bridgehead atoms. The number of nitrogens with one attached hydrogen (secondary N) is 2. The number of nitrogens with zero attached hydrogens (tertiary/aromatic N) is 2. The quantitative estimate of drug-likeness (QED) is 0.202. The number of aryl methyl sites for hydroxylation is 1. The second-order valence-corrected chi connectivity index (χ2v) is 13.1. The summed E-state index contributed by atoms with van der Waals surface area (Å²) in [7, 11) is -3.56. The first-order valence-corrected chi connectivity index (χ1v) is 16.5. The largest absolute Gasteiger partial charge is 0.350 e. The summed E-state index contributed by atoms with van der Waals surface area (Å²) in [6, 6.07) is 26.4. The van der Waals surface area contributed by atoms with E-state index in [-0.39, 0.29) is 42.3 Å². The zero-order valence-corrected chi connectivity index (χ0v) is 25.8. The van der Waals surface area contributed by atoms with Crippen LogP contribution in [0.4, 0.5) is 0 Å².